The Morgan fingerprint density at radius 3 is 2.77 bits per heavy atom. The third-order valence-electron chi connectivity index (χ3n) is 6.37. The molecule has 35 heavy (non-hydrogen) atoms. The van der Waals surface area contributed by atoms with Gasteiger partial charge in [0.1, 0.15) is 17.7 Å². The van der Waals surface area contributed by atoms with Crippen molar-refractivity contribution >= 4 is 22.2 Å². The fourth-order valence-electron chi connectivity index (χ4n) is 4.64. The van der Waals surface area contributed by atoms with Crippen molar-refractivity contribution in [3.63, 3.8) is 0 Å². The Balaban J connectivity index is 1.54. The summed E-state index contributed by atoms with van der Waals surface area (Å²) < 4.78 is 24.3. The third-order valence-corrected chi connectivity index (χ3v) is 6.37. The summed E-state index contributed by atoms with van der Waals surface area (Å²) in [5.74, 6) is -0.00946. The molecule has 4 heterocycles. The van der Waals surface area contributed by atoms with Gasteiger partial charge in [-0.2, -0.15) is 10.2 Å². The van der Waals surface area contributed by atoms with Crippen LogP contribution >= 0.6 is 0 Å². The molecule has 0 saturated carbocycles. The monoisotopic (exact) mass is 469 g/mol. The first-order valence-corrected chi connectivity index (χ1v) is 11.3. The van der Waals surface area contributed by atoms with Gasteiger partial charge in [-0.15, -0.1) is 0 Å². The fraction of sp³-hybridized carbons (Fsp3) is 0.240. The Labute approximate surface area is 198 Å². The second-order valence-electron chi connectivity index (χ2n) is 8.52. The molecule has 3 aromatic heterocycles. The van der Waals surface area contributed by atoms with Crippen LogP contribution in [-0.4, -0.2) is 41.9 Å². The molecule has 174 valence electrons. The predicted octanol–water partition coefficient (Wildman–Crippen LogP) is 3.34. The van der Waals surface area contributed by atoms with E-state index in [4.69, 9.17) is 9.72 Å². The van der Waals surface area contributed by atoms with Gasteiger partial charge in [-0.1, -0.05) is 12.1 Å². The number of nitriles is 1. The van der Waals surface area contributed by atoms with Crippen molar-refractivity contribution < 1.29 is 9.13 Å². The summed E-state index contributed by atoms with van der Waals surface area (Å²) in [4.78, 5) is 27.4. The van der Waals surface area contributed by atoms with Crippen LogP contribution in [0.25, 0.3) is 28.1 Å². The van der Waals surface area contributed by atoms with Crippen molar-refractivity contribution in [3.8, 4) is 12.0 Å². The standard InChI is InChI=1S/C25H20FN7O2/c26-18-3-1-2-17(10-18)14-31-22-13-28-24(32-15-29-20-5-4-16(12-27)11-21(20)32)30-23(22)33(25(31)34)19-6-8-35-9-7-19/h1-5,10-11,13,15,19H,6-9,14H2. The van der Waals surface area contributed by atoms with E-state index in [0.717, 1.165) is 0 Å². The molecule has 0 aliphatic carbocycles. The van der Waals surface area contributed by atoms with Gasteiger partial charge in [-0.05, 0) is 48.7 Å². The van der Waals surface area contributed by atoms with Gasteiger partial charge in [0, 0.05) is 19.3 Å². The summed E-state index contributed by atoms with van der Waals surface area (Å²) in [5, 5.41) is 9.30. The molecule has 0 atom stereocenters. The highest BCUT2D eigenvalue weighted by Gasteiger charge is 2.25. The molecular weight excluding hydrogens is 449 g/mol. The van der Waals surface area contributed by atoms with Gasteiger partial charge < -0.3 is 4.74 Å². The van der Waals surface area contributed by atoms with Gasteiger partial charge in [-0.25, -0.2) is 19.2 Å². The zero-order chi connectivity index (χ0) is 23.9. The van der Waals surface area contributed by atoms with Crippen LogP contribution in [0.5, 0.6) is 0 Å². The Morgan fingerprint density at radius 1 is 1.11 bits per heavy atom. The van der Waals surface area contributed by atoms with Crippen LogP contribution in [-0.2, 0) is 11.3 Å². The van der Waals surface area contributed by atoms with Crippen LogP contribution < -0.4 is 5.69 Å². The number of ether oxygens (including phenoxy) is 1. The lowest BCUT2D eigenvalue weighted by molar-refractivity contribution is 0.0695. The van der Waals surface area contributed by atoms with Gasteiger partial charge in [0.25, 0.3) is 0 Å². The summed E-state index contributed by atoms with van der Waals surface area (Å²) in [7, 11) is 0. The van der Waals surface area contributed by atoms with Gasteiger partial charge in [-0.3, -0.25) is 13.7 Å². The molecule has 0 amide bonds. The molecule has 1 aliphatic rings. The van der Waals surface area contributed by atoms with Crippen molar-refractivity contribution in [2.24, 2.45) is 0 Å². The molecule has 9 nitrogen and oxygen atoms in total. The first kappa shape index (κ1) is 21.2. The van der Waals surface area contributed by atoms with E-state index in [9.17, 15) is 14.4 Å². The van der Waals surface area contributed by atoms with Gasteiger partial charge in [0.15, 0.2) is 5.65 Å². The molecule has 1 fully saturated rings. The maximum Gasteiger partial charge on any atom is 0.330 e. The van der Waals surface area contributed by atoms with E-state index in [0.29, 0.717) is 65.3 Å². The number of fused-ring (bicyclic) bond motifs is 2. The molecule has 0 N–H and O–H groups in total. The summed E-state index contributed by atoms with van der Waals surface area (Å²) >= 11 is 0. The van der Waals surface area contributed by atoms with E-state index in [-0.39, 0.29) is 24.1 Å². The third kappa shape index (κ3) is 3.66. The zero-order valence-electron chi connectivity index (χ0n) is 18.6. The van der Waals surface area contributed by atoms with Crippen LogP contribution in [0.3, 0.4) is 0 Å². The number of hydrogen-bond donors (Lipinski definition) is 0. The highest BCUT2D eigenvalue weighted by atomic mass is 19.1. The van der Waals surface area contributed by atoms with Crippen molar-refractivity contribution in [1.82, 2.24) is 28.7 Å². The second-order valence-corrected chi connectivity index (χ2v) is 8.52. The van der Waals surface area contributed by atoms with Crippen LogP contribution in [0.4, 0.5) is 4.39 Å². The first-order valence-electron chi connectivity index (χ1n) is 11.3. The maximum absolute atomic E-state index is 13.8. The summed E-state index contributed by atoms with van der Waals surface area (Å²) in [5.41, 5.74) is 3.43. The van der Waals surface area contributed by atoms with Crippen molar-refractivity contribution in [2.75, 3.05) is 13.2 Å². The van der Waals surface area contributed by atoms with Crippen LogP contribution in [0.1, 0.15) is 30.0 Å². The average molecular weight is 469 g/mol. The molecular formula is C25H20FN7O2. The lowest BCUT2D eigenvalue weighted by Crippen LogP contribution is -2.31. The number of benzene rings is 2. The van der Waals surface area contributed by atoms with Gasteiger partial charge in [0.05, 0.1) is 35.4 Å². The topological polar surface area (TPSA) is 104 Å². The number of aromatic nitrogens is 6. The number of hydrogen-bond acceptors (Lipinski definition) is 6. The number of imidazole rings is 2. The fourth-order valence-corrected chi connectivity index (χ4v) is 4.64. The van der Waals surface area contributed by atoms with Crippen molar-refractivity contribution in [3.05, 3.63) is 82.4 Å². The van der Waals surface area contributed by atoms with E-state index in [2.05, 4.69) is 16.0 Å². The Bertz CT molecular complexity index is 1670. The Hall–Kier alpha value is -4.36. The molecule has 2 aromatic carbocycles. The summed E-state index contributed by atoms with van der Waals surface area (Å²) in [6, 6.07) is 13.5. The zero-order valence-corrected chi connectivity index (χ0v) is 18.6. The van der Waals surface area contributed by atoms with Crippen molar-refractivity contribution in [1.29, 1.82) is 5.26 Å². The molecule has 0 unspecified atom stereocenters. The molecule has 1 aliphatic heterocycles. The van der Waals surface area contributed by atoms with E-state index in [1.54, 1.807) is 56.6 Å². The van der Waals surface area contributed by atoms with E-state index >= 15 is 0 Å². The highest BCUT2D eigenvalue weighted by molar-refractivity contribution is 5.79. The van der Waals surface area contributed by atoms with E-state index in [1.807, 2.05) is 0 Å². The molecule has 0 radical (unpaired) electrons. The van der Waals surface area contributed by atoms with Crippen LogP contribution in [0.2, 0.25) is 0 Å². The Kier molecular flexibility index (Phi) is 5.12. The average Bonchev–Trinajstić information content (AvgIpc) is 3.42. The predicted molar refractivity (Wildman–Crippen MR) is 126 cm³/mol. The smallest absolute Gasteiger partial charge is 0.330 e. The first-order chi connectivity index (χ1) is 17.1. The lowest BCUT2D eigenvalue weighted by atomic mass is 10.1. The van der Waals surface area contributed by atoms with Crippen LogP contribution in [0.15, 0.2) is 59.8 Å². The molecule has 10 heteroatoms. The van der Waals surface area contributed by atoms with Crippen LogP contribution in [0, 0.1) is 17.1 Å². The minimum Gasteiger partial charge on any atom is -0.381 e. The molecule has 0 spiro atoms. The van der Waals surface area contributed by atoms with Gasteiger partial charge in [0.2, 0.25) is 5.95 Å². The SMILES string of the molecule is N#Cc1ccc2ncn(-c3ncc4c(n3)n(C3CCOCC3)c(=O)n4Cc3cccc(F)c3)c2c1. The molecule has 5 aromatic rings. The minimum atomic E-state index is -0.356. The second kappa shape index (κ2) is 8.45. The number of nitrogens with zero attached hydrogens (tertiary/aromatic N) is 7. The number of rotatable bonds is 4. The van der Waals surface area contributed by atoms with Crippen molar-refractivity contribution in [2.45, 2.75) is 25.4 Å². The molecule has 1 saturated heterocycles. The Morgan fingerprint density at radius 2 is 1.97 bits per heavy atom. The van der Waals surface area contributed by atoms with E-state index < -0.39 is 0 Å². The largest absolute Gasteiger partial charge is 0.381 e. The minimum absolute atomic E-state index is 0.0695. The molecule has 6 rings (SSSR count). The normalized spacial score (nSPS) is 14.5. The summed E-state index contributed by atoms with van der Waals surface area (Å²) in [6.07, 6.45) is 4.61. The van der Waals surface area contributed by atoms with Gasteiger partial charge >= 0.3 is 5.69 Å². The lowest BCUT2D eigenvalue weighted by Gasteiger charge is -2.22. The number of halogens is 1. The quantitative estimate of drug-likeness (QED) is 0.400. The maximum atomic E-state index is 13.8. The highest BCUT2D eigenvalue weighted by Crippen LogP contribution is 2.25. The molecule has 0 bridgehead atoms. The van der Waals surface area contributed by atoms with E-state index in [1.165, 1.54) is 12.1 Å². The summed E-state index contributed by atoms with van der Waals surface area (Å²) in [6.45, 7) is 1.33.